The fraction of sp³-hybridized carbons (Fsp3) is 0.0714. The van der Waals surface area contributed by atoms with Crippen molar-refractivity contribution in [1.29, 1.82) is 5.26 Å². The Labute approximate surface area is 116 Å². The monoisotopic (exact) mass is 298 g/mol. The van der Waals surface area contributed by atoms with Crippen LogP contribution in [0.15, 0.2) is 36.4 Å². The minimum atomic E-state index is -4.58. The zero-order chi connectivity index (χ0) is 15.6. The van der Waals surface area contributed by atoms with Crippen molar-refractivity contribution < 1.29 is 22.0 Å². The lowest BCUT2D eigenvalue weighted by atomic mass is 10.1. The summed E-state index contributed by atoms with van der Waals surface area (Å²) in [6.45, 7) is 0. The molecule has 1 N–H and O–H groups in total. The smallest absolute Gasteiger partial charge is 0.352 e. The largest absolute Gasteiger partial charge is 0.416 e. The molecule has 0 heterocycles. The second-order valence-electron chi connectivity index (χ2n) is 4.12. The molecule has 108 valence electrons. The number of hydrogen-bond acceptors (Lipinski definition) is 2. The molecule has 2 nitrogen and oxygen atoms in total. The molecular weight excluding hydrogens is 291 g/mol. The van der Waals surface area contributed by atoms with Gasteiger partial charge in [-0.3, -0.25) is 0 Å². The second-order valence-corrected chi connectivity index (χ2v) is 4.12. The van der Waals surface area contributed by atoms with Crippen molar-refractivity contribution in [3.8, 4) is 6.07 Å². The van der Waals surface area contributed by atoms with Gasteiger partial charge in [0.1, 0.15) is 17.7 Å². The maximum Gasteiger partial charge on any atom is 0.416 e. The third-order valence-corrected chi connectivity index (χ3v) is 2.67. The van der Waals surface area contributed by atoms with Crippen molar-refractivity contribution in [2.24, 2.45) is 0 Å². The van der Waals surface area contributed by atoms with Gasteiger partial charge in [0.05, 0.1) is 22.5 Å². The highest BCUT2D eigenvalue weighted by Crippen LogP contribution is 2.32. The van der Waals surface area contributed by atoms with E-state index in [1.165, 1.54) is 0 Å². The Kier molecular flexibility index (Phi) is 3.80. The summed E-state index contributed by atoms with van der Waals surface area (Å²) in [5.74, 6) is -1.70. The van der Waals surface area contributed by atoms with Crippen LogP contribution in [0.1, 0.15) is 11.1 Å². The number of anilines is 2. The fourth-order valence-corrected chi connectivity index (χ4v) is 1.66. The van der Waals surface area contributed by atoms with Crippen LogP contribution < -0.4 is 5.32 Å². The van der Waals surface area contributed by atoms with Crippen LogP contribution >= 0.6 is 0 Å². The van der Waals surface area contributed by atoms with Crippen LogP contribution in [-0.2, 0) is 6.18 Å². The molecule has 0 spiro atoms. The molecule has 2 rings (SSSR count). The zero-order valence-electron chi connectivity index (χ0n) is 10.3. The molecule has 0 saturated heterocycles. The van der Waals surface area contributed by atoms with Crippen LogP contribution in [0.25, 0.3) is 0 Å². The summed E-state index contributed by atoms with van der Waals surface area (Å²) >= 11 is 0. The number of nitriles is 1. The molecule has 2 aromatic carbocycles. The third kappa shape index (κ3) is 3.28. The number of nitrogens with zero attached hydrogens (tertiary/aromatic N) is 1. The van der Waals surface area contributed by atoms with E-state index < -0.39 is 23.4 Å². The van der Waals surface area contributed by atoms with E-state index in [1.807, 2.05) is 0 Å². The van der Waals surface area contributed by atoms with Crippen LogP contribution in [-0.4, -0.2) is 0 Å². The Balaban J connectivity index is 2.39. The van der Waals surface area contributed by atoms with Gasteiger partial charge in [0.15, 0.2) is 0 Å². The van der Waals surface area contributed by atoms with E-state index in [0.717, 1.165) is 24.3 Å². The quantitative estimate of drug-likeness (QED) is 0.822. The van der Waals surface area contributed by atoms with Gasteiger partial charge >= 0.3 is 6.18 Å². The number of hydrogen-bond donors (Lipinski definition) is 1. The first-order chi connectivity index (χ1) is 9.81. The highest BCUT2D eigenvalue weighted by atomic mass is 19.4. The Morgan fingerprint density at radius 2 is 1.62 bits per heavy atom. The van der Waals surface area contributed by atoms with Crippen LogP contribution in [0.3, 0.4) is 0 Å². The normalized spacial score (nSPS) is 11.0. The van der Waals surface area contributed by atoms with E-state index in [1.54, 1.807) is 6.07 Å². The average Bonchev–Trinajstić information content (AvgIpc) is 2.41. The van der Waals surface area contributed by atoms with E-state index in [-0.39, 0.29) is 16.9 Å². The maximum atomic E-state index is 13.5. The highest BCUT2D eigenvalue weighted by Gasteiger charge is 2.31. The fourth-order valence-electron chi connectivity index (χ4n) is 1.66. The standard InChI is InChI=1S/C14H7F5N2/c15-10-2-4-13(11(16)6-10)21-12-3-1-9(14(17,18)19)5-8(12)7-20/h1-6,21H. The van der Waals surface area contributed by atoms with Gasteiger partial charge in [-0.25, -0.2) is 8.78 Å². The molecule has 0 aliphatic heterocycles. The van der Waals surface area contributed by atoms with Crippen molar-refractivity contribution in [2.45, 2.75) is 6.18 Å². The van der Waals surface area contributed by atoms with Crippen molar-refractivity contribution in [2.75, 3.05) is 5.32 Å². The van der Waals surface area contributed by atoms with Gasteiger partial charge in [0.2, 0.25) is 0 Å². The van der Waals surface area contributed by atoms with Gasteiger partial charge in [0.25, 0.3) is 0 Å². The molecular formula is C14H7F5N2. The number of rotatable bonds is 2. The number of halogens is 5. The molecule has 0 amide bonds. The van der Waals surface area contributed by atoms with E-state index in [2.05, 4.69) is 5.32 Å². The molecule has 0 unspecified atom stereocenters. The van der Waals surface area contributed by atoms with Crippen molar-refractivity contribution in [1.82, 2.24) is 0 Å². The number of alkyl halides is 3. The molecule has 2 aromatic rings. The van der Waals surface area contributed by atoms with Crippen LogP contribution in [0.4, 0.5) is 33.3 Å². The second kappa shape index (κ2) is 5.40. The molecule has 7 heteroatoms. The third-order valence-electron chi connectivity index (χ3n) is 2.67. The van der Waals surface area contributed by atoms with Gasteiger partial charge in [-0.05, 0) is 30.3 Å². The number of benzene rings is 2. The van der Waals surface area contributed by atoms with E-state index in [0.29, 0.717) is 12.1 Å². The van der Waals surface area contributed by atoms with E-state index in [4.69, 9.17) is 5.26 Å². The van der Waals surface area contributed by atoms with Crippen molar-refractivity contribution >= 4 is 11.4 Å². The molecule has 21 heavy (non-hydrogen) atoms. The lowest BCUT2D eigenvalue weighted by molar-refractivity contribution is -0.137. The summed E-state index contributed by atoms with van der Waals surface area (Å²) < 4.78 is 63.9. The summed E-state index contributed by atoms with van der Waals surface area (Å²) in [7, 11) is 0. The summed E-state index contributed by atoms with van der Waals surface area (Å²) in [6, 6.07) is 6.74. The average molecular weight is 298 g/mol. The van der Waals surface area contributed by atoms with Crippen LogP contribution in [0, 0.1) is 23.0 Å². The molecule has 0 atom stereocenters. The van der Waals surface area contributed by atoms with Gasteiger partial charge in [-0.15, -0.1) is 0 Å². The Hall–Kier alpha value is -2.62. The van der Waals surface area contributed by atoms with E-state index in [9.17, 15) is 22.0 Å². The summed E-state index contributed by atoms with van der Waals surface area (Å²) in [6.07, 6.45) is -4.58. The molecule has 0 bridgehead atoms. The molecule has 0 saturated carbocycles. The molecule has 0 radical (unpaired) electrons. The summed E-state index contributed by atoms with van der Waals surface area (Å²) in [5, 5.41) is 11.4. The first kappa shape index (κ1) is 14.8. The lowest BCUT2D eigenvalue weighted by Crippen LogP contribution is -2.06. The first-order valence-corrected chi connectivity index (χ1v) is 5.64. The minimum Gasteiger partial charge on any atom is -0.352 e. The van der Waals surface area contributed by atoms with Crippen molar-refractivity contribution in [3.05, 3.63) is 59.2 Å². The van der Waals surface area contributed by atoms with Gasteiger partial charge < -0.3 is 5.32 Å². The molecule has 0 fully saturated rings. The SMILES string of the molecule is N#Cc1cc(C(F)(F)F)ccc1Nc1ccc(F)cc1F. The summed E-state index contributed by atoms with van der Waals surface area (Å²) in [4.78, 5) is 0. The first-order valence-electron chi connectivity index (χ1n) is 5.64. The Bertz CT molecular complexity index is 716. The van der Waals surface area contributed by atoms with E-state index >= 15 is 0 Å². The van der Waals surface area contributed by atoms with Crippen LogP contribution in [0.5, 0.6) is 0 Å². The van der Waals surface area contributed by atoms with Gasteiger partial charge in [-0.1, -0.05) is 0 Å². The summed E-state index contributed by atoms with van der Waals surface area (Å²) in [5.41, 5.74) is -1.43. The predicted molar refractivity (Wildman–Crippen MR) is 65.8 cm³/mol. The molecule has 0 aliphatic carbocycles. The van der Waals surface area contributed by atoms with Gasteiger partial charge in [-0.2, -0.15) is 18.4 Å². The topological polar surface area (TPSA) is 35.8 Å². The minimum absolute atomic E-state index is 0.00370. The maximum absolute atomic E-state index is 13.5. The Morgan fingerprint density at radius 3 is 2.19 bits per heavy atom. The zero-order valence-corrected chi connectivity index (χ0v) is 10.3. The lowest BCUT2D eigenvalue weighted by Gasteiger charge is -2.12. The highest BCUT2D eigenvalue weighted by molar-refractivity contribution is 5.67. The number of nitrogens with one attached hydrogen (secondary N) is 1. The van der Waals surface area contributed by atoms with Gasteiger partial charge in [0, 0.05) is 6.07 Å². The van der Waals surface area contributed by atoms with Crippen LogP contribution in [0.2, 0.25) is 0 Å². The Morgan fingerprint density at radius 1 is 0.952 bits per heavy atom. The van der Waals surface area contributed by atoms with Crippen molar-refractivity contribution in [3.63, 3.8) is 0 Å². The molecule has 0 aliphatic rings. The molecule has 0 aromatic heterocycles. The predicted octanol–water partition coefficient (Wildman–Crippen LogP) is 4.60.